The lowest BCUT2D eigenvalue weighted by Crippen LogP contribution is -2.28. The number of aromatic amines is 1. The molecule has 6 N–H and O–H groups in total. The van der Waals surface area contributed by atoms with Gasteiger partial charge in [0, 0.05) is 5.56 Å². The first-order valence-electron chi connectivity index (χ1n) is 7.27. The number of nitrogens with two attached hydrogens (primary N) is 2. The van der Waals surface area contributed by atoms with Gasteiger partial charge in [-0.05, 0) is 24.6 Å². The third kappa shape index (κ3) is 4.27. The number of primary amides is 2. The van der Waals surface area contributed by atoms with Crippen LogP contribution in [0, 0.1) is 0 Å². The smallest absolute Gasteiger partial charge is 0.257 e. The van der Waals surface area contributed by atoms with Crippen molar-refractivity contribution in [3.8, 4) is 0 Å². The Morgan fingerprint density at radius 1 is 1.04 bits per heavy atom. The van der Waals surface area contributed by atoms with Crippen molar-refractivity contribution in [1.29, 1.82) is 0 Å². The summed E-state index contributed by atoms with van der Waals surface area (Å²) in [6.07, 6.45) is 3.42. The summed E-state index contributed by atoms with van der Waals surface area (Å²) in [5.74, 6) is -1.93. The summed E-state index contributed by atoms with van der Waals surface area (Å²) in [4.78, 5) is 42.9. The van der Waals surface area contributed by atoms with E-state index in [4.69, 9.17) is 11.5 Å². The molecule has 1 heterocycles. The van der Waals surface area contributed by atoms with E-state index in [0.29, 0.717) is 10.6 Å². The van der Waals surface area contributed by atoms with Crippen LogP contribution in [-0.2, 0) is 0 Å². The lowest BCUT2D eigenvalue weighted by atomic mass is 10.1. The fraction of sp³-hybridized carbons (Fsp3) is 0.125. The molecule has 0 bridgehead atoms. The molecule has 10 heteroatoms. The molecule has 2 rings (SSSR count). The normalized spacial score (nSPS) is 11.2. The number of H-pyrrole nitrogens is 1. The Bertz CT molecular complexity index is 878. The van der Waals surface area contributed by atoms with Gasteiger partial charge in [-0.1, -0.05) is 30.0 Å². The zero-order chi connectivity index (χ0) is 19.3. The number of hydrogen-bond acceptors (Lipinski definition) is 6. The van der Waals surface area contributed by atoms with Crippen molar-refractivity contribution in [2.24, 2.45) is 16.5 Å². The lowest BCUT2D eigenvalue weighted by molar-refractivity contribution is 0.0966. The highest BCUT2D eigenvalue weighted by Gasteiger charge is 2.25. The molecule has 0 unspecified atom stereocenters. The van der Waals surface area contributed by atoms with Crippen LogP contribution in [0.5, 0.6) is 0 Å². The van der Waals surface area contributed by atoms with E-state index in [1.807, 2.05) is 0 Å². The number of nitrogens with zero attached hydrogens (tertiary/aromatic N) is 1. The number of amidine groups is 1. The third-order valence-corrected chi connectivity index (χ3v) is 4.60. The third-order valence-electron chi connectivity index (χ3n) is 3.31. The average Bonchev–Trinajstić information content (AvgIpc) is 3.00. The number of aliphatic imine (C=N–C) groups is 1. The SMILES string of the molecule is CS/C(=N\c1[nH]c(SC)c(C(N)=O)c1C(N)=O)NC(=O)c1ccccc1. The summed E-state index contributed by atoms with van der Waals surface area (Å²) in [6.45, 7) is 0. The summed E-state index contributed by atoms with van der Waals surface area (Å²) in [7, 11) is 0. The summed E-state index contributed by atoms with van der Waals surface area (Å²) in [5, 5.41) is 3.26. The van der Waals surface area contributed by atoms with Crippen molar-refractivity contribution in [1.82, 2.24) is 10.3 Å². The van der Waals surface area contributed by atoms with Gasteiger partial charge in [0.2, 0.25) is 0 Å². The zero-order valence-electron chi connectivity index (χ0n) is 14.0. The largest absolute Gasteiger partial charge is 0.365 e. The first-order valence-corrected chi connectivity index (χ1v) is 9.72. The first-order chi connectivity index (χ1) is 12.4. The Kier molecular flexibility index (Phi) is 6.47. The Labute approximate surface area is 158 Å². The summed E-state index contributed by atoms with van der Waals surface area (Å²) in [6, 6.07) is 8.60. The van der Waals surface area contributed by atoms with Gasteiger partial charge in [-0.25, -0.2) is 4.99 Å². The van der Waals surface area contributed by atoms with E-state index in [9.17, 15) is 14.4 Å². The molecule has 0 saturated heterocycles. The van der Waals surface area contributed by atoms with Gasteiger partial charge in [0.1, 0.15) is 5.82 Å². The van der Waals surface area contributed by atoms with Gasteiger partial charge in [0.25, 0.3) is 17.7 Å². The predicted octanol–water partition coefficient (Wildman–Crippen LogP) is 1.71. The summed E-state index contributed by atoms with van der Waals surface area (Å²) < 4.78 is 0. The number of benzene rings is 1. The average molecular weight is 391 g/mol. The molecule has 0 aliphatic heterocycles. The fourth-order valence-corrected chi connectivity index (χ4v) is 3.14. The Hall–Kier alpha value is -2.72. The second kappa shape index (κ2) is 8.59. The van der Waals surface area contributed by atoms with Crippen LogP contribution in [0.1, 0.15) is 31.1 Å². The Balaban J connectivity index is 2.44. The van der Waals surface area contributed by atoms with Crippen LogP contribution in [0.3, 0.4) is 0 Å². The highest BCUT2D eigenvalue weighted by molar-refractivity contribution is 8.13. The highest BCUT2D eigenvalue weighted by Crippen LogP contribution is 2.31. The van der Waals surface area contributed by atoms with E-state index in [0.717, 1.165) is 11.8 Å². The molecule has 1 aromatic heterocycles. The van der Waals surface area contributed by atoms with E-state index < -0.39 is 11.8 Å². The molecule has 0 atom stereocenters. The standard InChI is InChI=1S/C16H17N5O3S2/c1-25-15-10(12(18)23)9(11(17)22)13(19-15)20-16(26-2)21-14(24)8-6-4-3-5-7-8/h3-7,19H,1-2H3,(H2,17,22)(H2,18,23)(H,20,21,24). The number of carbonyl (C=O) groups excluding carboxylic acids is 3. The minimum absolute atomic E-state index is 0.0152. The molecule has 0 aliphatic carbocycles. The fourth-order valence-electron chi connectivity index (χ4n) is 2.16. The van der Waals surface area contributed by atoms with Crippen molar-refractivity contribution in [2.45, 2.75) is 5.03 Å². The quantitative estimate of drug-likeness (QED) is 0.348. The molecule has 0 saturated carbocycles. The molecule has 0 spiro atoms. The van der Waals surface area contributed by atoms with E-state index >= 15 is 0 Å². The van der Waals surface area contributed by atoms with Crippen LogP contribution in [0.4, 0.5) is 5.82 Å². The van der Waals surface area contributed by atoms with Crippen LogP contribution in [0.15, 0.2) is 40.4 Å². The van der Waals surface area contributed by atoms with E-state index in [1.165, 1.54) is 11.8 Å². The first kappa shape index (κ1) is 19.6. The maximum Gasteiger partial charge on any atom is 0.257 e. The van der Waals surface area contributed by atoms with Crippen molar-refractivity contribution in [3.05, 3.63) is 47.0 Å². The minimum Gasteiger partial charge on any atom is -0.365 e. The predicted molar refractivity (Wildman–Crippen MR) is 104 cm³/mol. The molecule has 2 aromatic rings. The van der Waals surface area contributed by atoms with Crippen LogP contribution in [0.2, 0.25) is 0 Å². The molecule has 0 aliphatic rings. The molecule has 3 amide bonds. The molecule has 26 heavy (non-hydrogen) atoms. The Morgan fingerprint density at radius 2 is 1.65 bits per heavy atom. The number of rotatable bonds is 5. The molecule has 0 radical (unpaired) electrons. The van der Waals surface area contributed by atoms with Gasteiger partial charge in [0.05, 0.1) is 16.2 Å². The molecule has 8 nitrogen and oxygen atoms in total. The van der Waals surface area contributed by atoms with E-state index in [-0.39, 0.29) is 28.0 Å². The van der Waals surface area contributed by atoms with Crippen molar-refractivity contribution >= 4 is 52.2 Å². The van der Waals surface area contributed by atoms with Gasteiger partial charge in [-0.3, -0.25) is 14.4 Å². The number of nitrogens with one attached hydrogen (secondary N) is 2. The van der Waals surface area contributed by atoms with E-state index in [1.54, 1.807) is 42.8 Å². The van der Waals surface area contributed by atoms with Crippen LogP contribution in [-0.4, -0.2) is 40.4 Å². The van der Waals surface area contributed by atoms with Gasteiger partial charge in [0.15, 0.2) is 5.17 Å². The van der Waals surface area contributed by atoms with Gasteiger partial charge in [-0.2, -0.15) is 0 Å². The van der Waals surface area contributed by atoms with Crippen molar-refractivity contribution in [3.63, 3.8) is 0 Å². The van der Waals surface area contributed by atoms with Gasteiger partial charge < -0.3 is 21.8 Å². The van der Waals surface area contributed by atoms with Crippen molar-refractivity contribution in [2.75, 3.05) is 12.5 Å². The topological polar surface area (TPSA) is 143 Å². The van der Waals surface area contributed by atoms with Gasteiger partial charge in [-0.15, -0.1) is 11.8 Å². The second-order valence-corrected chi connectivity index (χ2v) is 6.54. The maximum atomic E-state index is 12.3. The maximum absolute atomic E-state index is 12.3. The van der Waals surface area contributed by atoms with Gasteiger partial charge >= 0.3 is 0 Å². The number of aromatic nitrogens is 1. The number of carbonyl (C=O) groups is 3. The molecule has 1 aromatic carbocycles. The van der Waals surface area contributed by atoms with Crippen LogP contribution < -0.4 is 16.8 Å². The second-order valence-electron chi connectivity index (χ2n) is 4.93. The Morgan fingerprint density at radius 3 is 2.15 bits per heavy atom. The molecular formula is C16H17N5O3S2. The molecular weight excluding hydrogens is 374 g/mol. The molecule has 136 valence electrons. The monoisotopic (exact) mass is 391 g/mol. The highest BCUT2D eigenvalue weighted by atomic mass is 32.2. The zero-order valence-corrected chi connectivity index (χ0v) is 15.7. The number of thioether (sulfide) groups is 2. The number of amides is 3. The minimum atomic E-state index is -0.844. The van der Waals surface area contributed by atoms with E-state index in [2.05, 4.69) is 15.3 Å². The lowest BCUT2D eigenvalue weighted by Gasteiger charge is -2.06. The summed E-state index contributed by atoms with van der Waals surface area (Å²) in [5.41, 5.74) is 11.1. The van der Waals surface area contributed by atoms with Crippen LogP contribution >= 0.6 is 23.5 Å². The molecule has 0 fully saturated rings. The number of hydrogen-bond donors (Lipinski definition) is 4. The van der Waals surface area contributed by atoms with Crippen molar-refractivity contribution < 1.29 is 14.4 Å². The van der Waals surface area contributed by atoms with Crippen LogP contribution in [0.25, 0.3) is 0 Å². The summed E-state index contributed by atoms with van der Waals surface area (Å²) >= 11 is 2.36.